The number of rotatable bonds is 2. The van der Waals surface area contributed by atoms with Gasteiger partial charge in [-0.05, 0) is 55.4 Å². The lowest BCUT2D eigenvalue weighted by Gasteiger charge is -2.30. The molecule has 2 aliphatic carbocycles. The summed E-state index contributed by atoms with van der Waals surface area (Å²) in [6.07, 6.45) is 8.84. The number of nitrogens with one attached hydrogen (secondary N) is 1. The lowest BCUT2D eigenvalue weighted by Crippen LogP contribution is -2.42. The van der Waals surface area contributed by atoms with Crippen LogP contribution in [-0.2, 0) is 12.8 Å². The van der Waals surface area contributed by atoms with Crippen molar-refractivity contribution in [2.45, 2.75) is 57.0 Å². The summed E-state index contributed by atoms with van der Waals surface area (Å²) in [5.74, 6) is 0. The van der Waals surface area contributed by atoms with Crippen molar-refractivity contribution in [1.82, 2.24) is 0 Å². The summed E-state index contributed by atoms with van der Waals surface area (Å²) in [7, 11) is 0. The van der Waals surface area contributed by atoms with Gasteiger partial charge in [0.25, 0.3) is 0 Å². The zero-order chi connectivity index (χ0) is 11.7. The fourth-order valence-corrected chi connectivity index (χ4v) is 3.21. The molecule has 1 saturated carbocycles. The Labute approximate surface area is 104 Å². The summed E-state index contributed by atoms with van der Waals surface area (Å²) < 4.78 is 0. The summed E-state index contributed by atoms with van der Waals surface area (Å²) in [5.41, 5.74) is 10.5. The maximum atomic E-state index is 6.18. The monoisotopic (exact) mass is 230 g/mol. The molecule has 3 rings (SSSR count). The number of aryl methyl sites for hydroxylation is 2. The minimum Gasteiger partial charge on any atom is -0.381 e. The van der Waals surface area contributed by atoms with Crippen LogP contribution in [0.25, 0.3) is 0 Å². The van der Waals surface area contributed by atoms with Crippen LogP contribution in [0.4, 0.5) is 5.69 Å². The highest BCUT2D eigenvalue weighted by Crippen LogP contribution is 2.27. The van der Waals surface area contributed by atoms with Crippen LogP contribution < -0.4 is 11.1 Å². The molecule has 1 fully saturated rings. The maximum absolute atomic E-state index is 6.18. The molecule has 3 N–H and O–H groups in total. The molecule has 2 aliphatic rings. The summed E-state index contributed by atoms with van der Waals surface area (Å²) >= 11 is 0. The van der Waals surface area contributed by atoms with Crippen LogP contribution in [0.1, 0.15) is 43.2 Å². The van der Waals surface area contributed by atoms with E-state index >= 15 is 0 Å². The summed E-state index contributed by atoms with van der Waals surface area (Å²) in [5, 5.41) is 3.64. The highest BCUT2D eigenvalue weighted by atomic mass is 15.0. The number of anilines is 1. The average molecular weight is 230 g/mol. The predicted molar refractivity (Wildman–Crippen MR) is 72.3 cm³/mol. The summed E-state index contributed by atoms with van der Waals surface area (Å²) in [4.78, 5) is 0. The molecule has 2 heteroatoms. The molecule has 0 radical (unpaired) electrons. The van der Waals surface area contributed by atoms with E-state index in [4.69, 9.17) is 5.73 Å². The van der Waals surface area contributed by atoms with E-state index in [1.54, 1.807) is 11.1 Å². The molecule has 0 aliphatic heterocycles. The van der Waals surface area contributed by atoms with Gasteiger partial charge in [0.15, 0.2) is 0 Å². The van der Waals surface area contributed by atoms with Crippen LogP contribution in [-0.4, -0.2) is 12.1 Å². The van der Waals surface area contributed by atoms with E-state index in [0.717, 1.165) is 0 Å². The Balaban J connectivity index is 1.72. The Morgan fingerprint density at radius 1 is 1.00 bits per heavy atom. The Bertz CT molecular complexity index is 400. The molecule has 1 aromatic carbocycles. The quantitative estimate of drug-likeness (QED) is 0.820. The van der Waals surface area contributed by atoms with Crippen LogP contribution in [0.15, 0.2) is 18.2 Å². The van der Waals surface area contributed by atoms with E-state index in [1.165, 1.54) is 50.6 Å². The molecule has 0 heterocycles. The third-order valence-corrected chi connectivity index (χ3v) is 4.27. The van der Waals surface area contributed by atoms with Gasteiger partial charge in [0, 0.05) is 17.8 Å². The van der Waals surface area contributed by atoms with Gasteiger partial charge in [-0.1, -0.05) is 18.9 Å². The lowest BCUT2D eigenvalue weighted by molar-refractivity contribution is 0.404. The van der Waals surface area contributed by atoms with Gasteiger partial charge in [0.2, 0.25) is 0 Å². The first kappa shape index (κ1) is 11.1. The second kappa shape index (κ2) is 4.69. The van der Waals surface area contributed by atoms with Crippen molar-refractivity contribution < 1.29 is 0 Å². The van der Waals surface area contributed by atoms with Gasteiger partial charge in [-0.3, -0.25) is 0 Å². The van der Waals surface area contributed by atoms with E-state index in [0.29, 0.717) is 12.1 Å². The number of hydrogen-bond acceptors (Lipinski definition) is 2. The molecule has 17 heavy (non-hydrogen) atoms. The van der Waals surface area contributed by atoms with Gasteiger partial charge >= 0.3 is 0 Å². The van der Waals surface area contributed by atoms with E-state index in [2.05, 4.69) is 23.5 Å². The molecule has 2 nitrogen and oxygen atoms in total. The first-order chi connectivity index (χ1) is 8.33. The van der Waals surface area contributed by atoms with Crippen molar-refractivity contribution in [2.75, 3.05) is 5.32 Å². The van der Waals surface area contributed by atoms with Gasteiger partial charge in [0.05, 0.1) is 0 Å². The largest absolute Gasteiger partial charge is 0.381 e. The smallest absolute Gasteiger partial charge is 0.0412 e. The number of hydrogen-bond donors (Lipinski definition) is 2. The number of fused-ring (bicyclic) bond motifs is 1. The minimum atomic E-state index is 0.331. The fourth-order valence-electron chi connectivity index (χ4n) is 3.21. The van der Waals surface area contributed by atoms with Crippen molar-refractivity contribution in [2.24, 2.45) is 5.73 Å². The van der Waals surface area contributed by atoms with Gasteiger partial charge in [-0.25, -0.2) is 0 Å². The maximum Gasteiger partial charge on any atom is 0.0412 e. The zero-order valence-corrected chi connectivity index (χ0v) is 10.4. The second-order valence-corrected chi connectivity index (χ2v) is 5.54. The average Bonchev–Trinajstić information content (AvgIpc) is 2.79. The van der Waals surface area contributed by atoms with E-state index in [9.17, 15) is 0 Å². The van der Waals surface area contributed by atoms with Crippen molar-refractivity contribution in [3.63, 3.8) is 0 Å². The second-order valence-electron chi connectivity index (χ2n) is 5.54. The highest BCUT2D eigenvalue weighted by Gasteiger charge is 2.21. The zero-order valence-electron chi connectivity index (χ0n) is 10.4. The molecule has 0 amide bonds. The molecular formula is C15H22N2. The molecule has 1 aromatic rings. The van der Waals surface area contributed by atoms with Gasteiger partial charge in [-0.15, -0.1) is 0 Å². The summed E-state index contributed by atoms with van der Waals surface area (Å²) in [6.45, 7) is 0. The third kappa shape index (κ3) is 2.32. The van der Waals surface area contributed by atoms with Crippen molar-refractivity contribution >= 4 is 5.69 Å². The topological polar surface area (TPSA) is 38.0 Å². The minimum absolute atomic E-state index is 0.331. The van der Waals surface area contributed by atoms with Gasteiger partial charge < -0.3 is 11.1 Å². The first-order valence-electron chi connectivity index (χ1n) is 6.97. The standard InChI is InChI=1S/C15H22N2/c16-14-6-1-2-7-15(14)17-13-9-8-11-4-3-5-12(11)10-13/h8-10,14-15,17H,1-7,16H2. The van der Waals surface area contributed by atoms with Crippen LogP contribution in [0, 0.1) is 0 Å². The van der Waals surface area contributed by atoms with E-state index < -0.39 is 0 Å². The Kier molecular flexibility index (Phi) is 3.06. The Hall–Kier alpha value is -1.02. The van der Waals surface area contributed by atoms with Crippen LogP contribution in [0.3, 0.4) is 0 Å². The number of nitrogens with two attached hydrogens (primary N) is 1. The van der Waals surface area contributed by atoms with Crippen LogP contribution in [0.2, 0.25) is 0 Å². The van der Waals surface area contributed by atoms with Crippen molar-refractivity contribution in [3.8, 4) is 0 Å². The Morgan fingerprint density at radius 2 is 1.82 bits per heavy atom. The normalized spacial score (nSPS) is 27.8. The Morgan fingerprint density at radius 3 is 2.71 bits per heavy atom. The fraction of sp³-hybridized carbons (Fsp3) is 0.600. The molecule has 0 saturated heterocycles. The highest BCUT2D eigenvalue weighted by molar-refractivity contribution is 5.51. The van der Waals surface area contributed by atoms with Crippen LogP contribution >= 0.6 is 0 Å². The molecular weight excluding hydrogens is 208 g/mol. The van der Waals surface area contributed by atoms with Crippen molar-refractivity contribution in [1.29, 1.82) is 0 Å². The molecule has 92 valence electrons. The molecule has 2 unspecified atom stereocenters. The van der Waals surface area contributed by atoms with Gasteiger partial charge in [-0.2, -0.15) is 0 Å². The van der Waals surface area contributed by atoms with E-state index in [1.807, 2.05) is 0 Å². The third-order valence-electron chi connectivity index (χ3n) is 4.27. The summed E-state index contributed by atoms with van der Waals surface area (Å²) in [6, 6.07) is 7.66. The molecule has 0 bridgehead atoms. The lowest BCUT2D eigenvalue weighted by atomic mass is 9.91. The van der Waals surface area contributed by atoms with Gasteiger partial charge in [0.1, 0.15) is 0 Å². The molecule has 2 atom stereocenters. The van der Waals surface area contributed by atoms with E-state index in [-0.39, 0.29) is 0 Å². The van der Waals surface area contributed by atoms with Crippen LogP contribution in [0.5, 0.6) is 0 Å². The first-order valence-corrected chi connectivity index (χ1v) is 6.97. The van der Waals surface area contributed by atoms with Crippen molar-refractivity contribution in [3.05, 3.63) is 29.3 Å². The molecule has 0 spiro atoms. The molecule has 0 aromatic heterocycles. The number of benzene rings is 1. The predicted octanol–water partition coefficient (Wildman–Crippen LogP) is 2.86. The SMILES string of the molecule is NC1CCCCC1Nc1ccc2c(c1)CCC2.